The first-order chi connectivity index (χ1) is 10.0. The van der Waals surface area contributed by atoms with Crippen molar-refractivity contribution >= 4 is 23.1 Å². The predicted molar refractivity (Wildman–Crippen MR) is 84.5 cm³/mol. The molecule has 114 valence electrons. The molecule has 0 aromatic carbocycles. The van der Waals surface area contributed by atoms with Gasteiger partial charge in [0.15, 0.2) is 0 Å². The molecule has 0 saturated carbocycles. The highest BCUT2D eigenvalue weighted by Crippen LogP contribution is 2.17. The second-order valence-corrected chi connectivity index (χ2v) is 5.44. The number of methoxy groups -OCH3 is 1. The molecular weight excluding hydrogens is 288 g/mol. The molecule has 21 heavy (non-hydrogen) atoms. The van der Waals surface area contributed by atoms with Crippen LogP contribution < -0.4 is 10.5 Å². The Labute approximate surface area is 129 Å². The normalized spacial score (nSPS) is 17.3. The van der Waals surface area contributed by atoms with E-state index in [4.69, 9.17) is 22.7 Å². The number of rotatable bonds is 4. The van der Waals surface area contributed by atoms with Crippen molar-refractivity contribution in [1.82, 2.24) is 14.8 Å². The summed E-state index contributed by atoms with van der Waals surface area (Å²) in [4.78, 5) is 21.1. The highest BCUT2D eigenvalue weighted by Gasteiger charge is 2.27. The van der Waals surface area contributed by atoms with Crippen molar-refractivity contribution in [3.8, 4) is 5.88 Å². The van der Waals surface area contributed by atoms with Crippen LogP contribution in [0.2, 0.25) is 0 Å². The molecule has 1 unspecified atom stereocenters. The Balaban J connectivity index is 2.02. The topological polar surface area (TPSA) is 71.7 Å². The maximum Gasteiger partial charge on any atom is 0.259 e. The van der Waals surface area contributed by atoms with Gasteiger partial charge in [0, 0.05) is 32.4 Å². The van der Waals surface area contributed by atoms with Crippen LogP contribution >= 0.6 is 12.2 Å². The number of pyridine rings is 1. The smallest absolute Gasteiger partial charge is 0.259 e. The summed E-state index contributed by atoms with van der Waals surface area (Å²) in [5.74, 6) is 0.309. The van der Waals surface area contributed by atoms with Crippen molar-refractivity contribution in [1.29, 1.82) is 0 Å². The summed E-state index contributed by atoms with van der Waals surface area (Å²) < 4.78 is 5.15. The highest BCUT2D eigenvalue weighted by molar-refractivity contribution is 7.80. The molecule has 6 nitrogen and oxygen atoms in total. The van der Waals surface area contributed by atoms with Crippen molar-refractivity contribution in [2.75, 3.05) is 33.3 Å². The third-order valence-electron chi connectivity index (χ3n) is 3.76. The van der Waals surface area contributed by atoms with Gasteiger partial charge in [0.2, 0.25) is 5.88 Å². The van der Waals surface area contributed by atoms with Gasteiger partial charge in [-0.15, -0.1) is 0 Å². The number of nitrogens with two attached hydrogens (primary N) is 1. The fourth-order valence-corrected chi connectivity index (χ4v) is 2.53. The number of amides is 1. The minimum absolute atomic E-state index is 0.0532. The van der Waals surface area contributed by atoms with Gasteiger partial charge in [0.05, 0.1) is 18.1 Å². The van der Waals surface area contributed by atoms with E-state index in [0.717, 1.165) is 13.1 Å². The Morgan fingerprint density at radius 3 is 2.67 bits per heavy atom. The van der Waals surface area contributed by atoms with E-state index in [9.17, 15) is 4.79 Å². The first-order valence-corrected chi connectivity index (χ1v) is 7.27. The number of piperazine rings is 1. The molecule has 0 aliphatic carbocycles. The standard InChI is InChI=1S/C14H20N4O2S/c1-10(12(15)21)17-6-8-18(9-7-17)14(19)11-4-3-5-16-13(11)20-2/h3-5,10H,6-9H2,1-2H3,(H2,15,21). The Bertz CT molecular complexity index is 529. The van der Waals surface area contributed by atoms with E-state index >= 15 is 0 Å². The Hall–Kier alpha value is -1.73. The zero-order valence-electron chi connectivity index (χ0n) is 12.3. The quantitative estimate of drug-likeness (QED) is 0.818. The van der Waals surface area contributed by atoms with Gasteiger partial charge in [-0.05, 0) is 19.1 Å². The minimum Gasteiger partial charge on any atom is -0.480 e. The van der Waals surface area contributed by atoms with Crippen molar-refractivity contribution in [3.05, 3.63) is 23.9 Å². The molecular formula is C14H20N4O2S. The molecule has 2 N–H and O–H groups in total. The Kier molecular flexibility index (Phi) is 5.08. The van der Waals surface area contributed by atoms with Gasteiger partial charge in [-0.3, -0.25) is 9.69 Å². The number of carbonyl (C=O) groups is 1. The fourth-order valence-electron chi connectivity index (χ4n) is 2.38. The van der Waals surface area contributed by atoms with Gasteiger partial charge in [-0.25, -0.2) is 4.98 Å². The molecule has 1 aromatic rings. The van der Waals surface area contributed by atoms with Crippen LogP contribution in [0.15, 0.2) is 18.3 Å². The fraction of sp³-hybridized carbons (Fsp3) is 0.500. The van der Waals surface area contributed by atoms with Crippen molar-refractivity contribution < 1.29 is 9.53 Å². The Morgan fingerprint density at radius 2 is 2.10 bits per heavy atom. The van der Waals surface area contributed by atoms with E-state index in [2.05, 4.69) is 9.88 Å². The lowest BCUT2D eigenvalue weighted by atomic mass is 10.2. The van der Waals surface area contributed by atoms with E-state index in [-0.39, 0.29) is 11.9 Å². The summed E-state index contributed by atoms with van der Waals surface area (Å²) in [6, 6.07) is 3.53. The van der Waals surface area contributed by atoms with Crippen LogP contribution in [-0.4, -0.2) is 65.0 Å². The van der Waals surface area contributed by atoms with Crippen molar-refractivity contribution in [2.24, 2.45) is 5.73 Å². The molecule has 0 spiro atoms. The molecule has 1 fully saturated rings. The molecule has 2 rings (SSSR count). The van der Waals surface area contributed by atoms with Gasteiger partial charge < -0.3 is 15.4 Å². The third kappa shape index (κ3) is 3.48. The molecule has 1 aliphatic rings. The van der Waals surface area contributed by atoms with E-state index in [1.807, 2.05) is 11.8 Å². The highest BCUT2D eigenvalue weighted by atomic mass is 32.1. The van der Waals surface area contributed by atoms with Gasteiger partial charge in [-0.2, -0.15) is 0 Å². The molecule has 2 heterocycles. The number of carbonyl (C=O) groups excluding carboxylic acids is 1. The van der Waals surface area contributed by atoms with Crippen LogP contribution in [0.1, 0.15) is 17.3 Å². The van der Waals surface area contributed by atoms with Gasteiger partial charge in [0.25, 0.3) is 5.91 Å². The van der Waals surface area contributed by atoms with E-state index < -0.39 is 0 Å². The minimum atomic E-state index is -0.0532. The molecule has 1 amide bonds. The second kappa shape index (κ2) is 6.82. The number of hydrogen-bond acceptors (Lipinski definition) is 5. The van der Waals surface area contributed by atoms with Gasteiger partial charge in [0.1, 0.15) is 5.56 Å². The zero-order valence-corrected chi connectivity index (χ0v) is 13.1. The first-order valence-electron chi connectivity index (χ1n) is 6.86. The molecule has 7 heteroatoms. The van der Waals surface area contributed by atoms with Crippen LogP contribution in [0.25, 0.3) is 0 Å². The average molecular weight is 308 g/mol. The maximum atomic E-state index is 12.5. The van der Waals surface area contributed by atoms with Crippen LogP contribution in [0, 0.1) is 0 Å². The summed E-state index contributed by atoms with van der Waals surface area (Å²) >= 11 is 5.02. The summed E-state index contributed by atoms with van der Waals surface area (Å²) in [5, 5.41) is 0. The van der Waals surface area contributed by atoms with Crippen molar-refractivity contribution in [3.63, 3.8) is 0 Å². The lowest BCUT2D eigenvalue weighted by molar-refractivity contribution is 0.0617. The predicted octanol–water partition coefficient (Wildman–Crippen LogP) is 0.523. The van der Waals surface area contributed by atoms with E-state index in [1.165, 1.54) is 7.11 Å². The molecule has 1 aliphatic heterocycles. The zero-order chi connectivity index (χ0) is 15.4. The summed E-state index contributed by atoms with van der Waals surface area (Å²) in [7, 11) is 1.51. The van der Waals surface area contributed by atoms with Crippen LogP contribution in [-0.2, 0) is 0 Å². The van der Waals surface area contributed by atoms with E-state index in [0.29, 0.717) is 29.5 Å². The molecule has 0 radical (unpaired) electrons. The molecule has 1 aromatic heterocycles. The number of nitrogens with zero attached hydrogens (tertiary/aromatic N) is 3. The van der Waals surface area contributed by atoms with Crippen LogP contribution in [0.3, 0.4) is 0 Å². The largest absolute Gasteiger partial charge is 0.480 e. The Morgan fingerprint density at radius 1 is 1.43 bits per heavy atom. The summed E-state index contributed by atoms with van der Waals surface area (Å²) in [6.45, 7) is 4.79. The number of thiocarbonyl (C=S) groups is 1. The first kappa shape index (κ1) is 15.7. The molecule has 1 saturated heterocycles. The van der Waals surface area contributed by atoms with E-state index in [1.54, 1.807) is 18.3 Å². The van der Waals surface area contributed by atoms with Gasteiger partial charge in [-0.1, -0.05) is 12.2 Å². The SMILES string of the molecule is COc1ncccc1C(=O)N1CCN(C(C)C(N)=S)CC1. The van der Waals surface area contributed by atoms with Crippen LogP contribution in [0.4, 0.5) is 0 Å². The monoisotopic (exact) mass is 308 g/mol. The van der Waals surface area contributed by atoms with Crippen molar-refractivity contribution in [2.45, 2.75) is 13.0 Å². The second-order valence-electron chi connectivity index (χ2n) is 4.97. The molecule has 1 atom stereocenters. The van der Waals surface area contributed by atoms with Crippen LogP contribution in [0.5, 0.6) is 5.88 Å². The van der Waals surface area contributed by atoms with Gasteiger partial charge >= 0.3 is 0 Å². The summed E-state index contributed by atoms with van der Waals surface area (Å²) in [5.41, 5.74) is 6.17. The lowest BCUT2D eigenvalue weighted by Crippen LogP contribution is -2.54. The third-order valence-corrected chi connectivity index (χ3v) is 4.10. The molecule has 0 bridgehead atoms. The number of ether oxygens (including phenoxy) is 1. The number of aromatic nitrogens is 1. The lowest BCUT2D eigenvalue weighted by Gasteiger charge is -2.37. The maximum absolute atomic E-state index is 12.5. The average Bonchev–Trinajstić information content (AvgIpc) is 2.53. The number of hydrogen-bond donors (Lipinski definition) is 1. The summed E-state index contributed by atoms with van der Waals surface area (Å²) in [6.07, 6.45) is 1.61.